The molecule has 5 heteroatoms. The van der Waals surface area contributed by atoms with Crippen molar-refractivity contribution in [3.05, 3.63) is 12.4 Å². The average Bonchev–Trinajstić information content (AvgIpc) is 2.48. The van der Waals surface area contributed by atoms with E-state index in [4.69, 9.17) is 0 Å². The van der Waals surface area contributed by atoms with Crippen molar-refractivity contribution in [2.45, 2.75) is 34.1 Å². The Kier molecular flexibility index (Phi) is 7.95. The van der Waals surface area contributed by atoms with Crippen LogP contribution < -0.4 is 10.2 Å². The Hall–Kier alpha value is -1.36. The fourth-order valence-corrected chi connectivity index (χ4v) is 2.23. The van der Waals surface area contributed by atoms with Crippen molar-refractivity contribution in [1.29, 1.82) is 0 Å². The number of nitrogens with one attached hydrogen (secondary N) is 1. The van der Waals surface area contributed by atoms with E-state index in [9.17, 15) is 0 Å². The number of aromatic nitrogens is 2. The van der Waals surface area contributed by atoms with E-state index >= 15 is 0 Å². The Bertz CT molecular complexity index is 365. The molecule has 0 saturated carbocycles. The Morgan fingerprint density at radius 3 is 2.35 bits per heavy atom. The Morgan fingerprint density at radius 2 is 1.75 bits per heavy atom. The summed E-state index contributed by atoms with van der Waals surface area (Å²) in [6, 6.07) is 0. The Labute approximate surface area is 123 Å². The second kappa shape index (κ2) is 9.53. The summed E-state index contributed by atoms with van der Waals surface area (Å²) < 4.78 is 0. The lowest BCUT2D eigenvalue weighted by molar-refractivity contribution is 0.300. The van der Waals surface area contributed by atoms with Crippen LogP contribution in [0.5, 0.6) is 0 Å². The fraction of sp³-hybridized carbons (Fsp3) is 0.733. The lowest BCUT2D eigenvalue weighted by Gasteiger charge is -2.24. The first kappa shape index (κ1) is 16.7. The molecule has 114 valence electrons. The maximum Gasteiger partial charge on any atom is 0.149 e. The van der Waals surface area contributed by atoms with Crippen molar-refractivity contribution in [3.8, 4) is 0 Å². The molecule has 1 N–H and O–H groups in total. The van der Waals surface area contributed by atoms with Crippen LogP contribution in [-0.2, 0) is 0 Å². The molecule has 0 radical (unpaired) electrons. The molecule has 0 bridgehead atoms. The van der Waals surface area contributed by atoms with Gasteiger partial charge in [-0.2, -0.15) is 0 Å². The number of hydrogen-bond acceptors (Lipinski definition) is 5. The van der Waals surface area contributed by atoms with Crippen molar-refractivity contribution < 1.29 is 0 Å². The summed E-state index contributed by atoms with van der Waals surface area (Å²) in [4.78, 5) is 13.6. The van der Waals surface area contributed by atoms with Gasteiger partial charge >= 0.3 is 0 Å². The highest BCUT2D eigenvalue weighted by Crippen LogP contribution is 2.12. The standard InChI is InChI=1S/C15H29N5/c1-5-17-14-12-16-13-15(18-14)20(8-4)11-9-10-19(6-2)7-3/h12-13H,5-11H2,1-4H3,(H,17,18). The molecule has 0 aromatic carbocycles. The smallest absolute Gasteiger partial charge is 0.149 e. The van der Waals surface area contributed by atoms with Gasteiger partial charge in [-0.15, -0.1) is 0 Å². The number of rotatable bonds is 10. The van der Waals surface area contributed by atoms with Gasteiger partial charge in [0.15, 0.2) is 0 Å². The molecule has 1 aromatic heterocycles. The number of anilines is 2. The topological polar surface area (TPSA) is 44.3 Å². The third kappa shape index (κ3) is 5.33. The van der Waals surface area contributed by atoms with Gasteiger partial charge in [-0.25, -0.2) is 4.98 Å². The van der Waals surface area contributed by atoms with Crippen LogP contribution in [0.3, 0.4) is 0 Å². The molecule has 1 aromatic rings. The molecule has 20 heavy (non-hydrogen) atoms. The normalized spacial score (nSPS) is 10.8. The summed E-state index contributed by atoms with van der Waals surface area (Å²) in [7, 11) is 0. The molecule has 1 heterocycles. The summed E-state index contributed by atoms with van der Waals surface area (Å²) in [6.45, 7) is 14.9. The molecule has 0 aliphatic heterocycles. The van der Waals surface area contributed by atoms with Crippen molar-refractivity contribution in [1.82, 2.24) is 14.9 Å². The molecule has 0 saturated heterocycles. The van der Waals surface area contributed by atoms with Gasteiger partial charge in [0.05, 0.1) is 12.4 Å². The van der Waals surface area contributed by atoms with Gasteiger partial charge in [0, 0.05) is 19.6 Å². The van der Waals surface area contributed by atoms with Crippen molar-refractivity contribution in [2.24, 2.45) is 0 Å². The first-order chi connectivity index (χ1) is 9.74. The molecule has 0 amide bonds. The van der Waals surface area contributed by atoms with Gasteiger partial charge in [-0.05, 0) is 39.9 Å². The Morgan fingerprint density at radius 1 is 1.00 bits per heavy atom. The minimum absolute atomic E-state index is 0.854. The summed E-state index contributed by atoms with van der Waals surface area (Å²) in [5.74, 6) is 1.82. The van der Waals surface area contributed by atoms with E-state index in [-0.39, 0.29) is 0 Å². The van der Waals surface area contributed by atoms with E-state index in [0.717, 1.165) is 57.3 Å². The minimum Gasteiger partial charge on any atom is -0.369 e. The Balaban J connectivity index is 2.54. The largest absolute Gasteiger partial charge is 0.369 e. The van der Waals surface area contributed by atoms with Gasteiger partial charge in [0.2, 0.25) is 0 Å². The zero-order chi connectivity index (χ0) is 14.8. The summed E-state index contributed by atoms with van der Waals surface area (Å²) in [5, 5.41) is 3.21. The third-order valence-corrected chi connectivity index (χ3v) is 3.48. The van der Waals surface area contributed by atoms with Crippen molar-refractivity contribution >= 4 is 11.6 Å². The van der Waals surface area contributed by atoms with Gasteiger partial charge in [-0.3, -0.25) is 4.98 Å². The zero-order valence-corrected chi connectivity index (χ0v) is 13.4. The third-order valence-electron chi connectivity index (χ3n) is 3.48. The number of hydrogen-bond donors (Lipinski definition) is 1. The van der Waals surface area contributed by atoms with Crippen LogP contribution in [0.25, 0.3) is 0 Å². The first-order valence-electron chi connectivity index (χ1n) is 7.78. The molecule has 0 aliphatic carbocycles. The van der Waals surface area contributed by atoms with E-state index in [0.29, 0.717) is 0 Å². The predicted molar refractivity (Wildman–Crippen MR) is 86.5 cm³/mol. The summed E-state index contributed by atoms with van der Waals surface area (Å²) in [5.41, 5.74) is 0. The van der Waals surface area contributed by atoms with Crippen LogP contribution in [0, 0.1) is 0 Å². The maximum absolute atomic E-state index is 4.61. The van der Waals surface area contributed by atoms with Crippen LogP contribution in [0.15, 0.2) is 12.4 Å². The van der Waals surface area contributed by atoms with E-state index < -0.39 is 0 Å². The molecule has 0 unspecified atom stereocenters. The van der Waals surface area contributed by atoms with Crippen molar-refractivity contribution in [2.75, 3.05) is 49.5 Å². The van der Waals surface area contributed by atoms with Crippen LogP contribution in [0.2, 0.25) is 0 Å². The average molecular weight is 279 g/mol. The quantitative estimate of drug-likeness (QED) is 0.713. The van der Waals surface area contributed by atoms with Crippen LogP contribution in [0.4, 0.5) is 11.6 Å². The lowest BCUT2D eigenvalue weighted by atomic mass is 10.3. The second-order valence-electron chi connectivity index (χ2n) is 4.75. The molecule has 5 nitrogen and oxygen atoms in total. The molecule has 0 fully saturated rings. The van der Waals surface area contributed by atoms with Crippen LogP contribution >= 0.6 is 0 Å². The highest BCUT2D eigenvalue weighted by atomic mass is 15.2. The molecule has 0 spiro atoms. The van der Waals surface area contributed by atoms with Crippen LogP contribution in [-0.4, -0.2) is 54.1 Å². The van der Waals surface area contributed by atoms with Gasteiger partial charge < -0.3 is 15.1 Å². The van der Waals surface area contributed by atoms with Gasteiger partial charge in [0.25, 0.3) is 0 Å². The molecular formula is C15H29N5. The SMILES string of the molecule is CCNc1cncc(N(CC)CCCN(CC)CC)n1. The van der Waals surface area contributed by atoms with E-state index in [1.54, 1.807) is 6.20 Å². The van der Waals surface area contributed by atoms with Gasteiger partial charge in [0.1, 0.15) is 11.6 Å². The van der Waals surface area contributed by atoms with E-state index in [1.807, 2.05) is 6.20 Å². The highest BCUT2D eigenvalue weighted by molar-refractivity contribution is 5.43. The summed E-state index contributed by atoms with van der Waals surface area (Å²) in [6.07, 6.45) is 4.78. The molecule has 1 rings (SSSR count). The zero-order valence-electron chi connectivity index (χ0n) is 13.4. The maximum atomic E-state index is 4.61. The highest BCUT2D eigenvalue weighted by Gasteiger charge is 2.08. The van der Waals surface area contributed by atoms with E-state index in [1.165, 1.54) is 0 Å². The first-order valence-corrected chi connectivity index (χ1v) is 7.78. The fourth-order valence-electron chi connectivity index (χ4n) is 2.23. The molecular weight excluding hydrogens is 250 g/mol. The van der Waals surface area contributed by atoms with Crippen LogP contribution in [0.1, 0.15) is 34.1 Å². The summed E-state index contributed by atoms with van der Waals surface area (Å²) >= 11 is 0. The monoisotopic (exact) mass is 279 g/mol. The molecule has 0 atom stereocenters. The second-order valence-corrected chi connectivity index (χ2v) is 4.75. The predicted octanol–water partition coefficient (Wildman–Crippen LogP) is 2.47. The van der Waals surface area contributed by atoms with Crippen molar-refractivity contribution in [3.63, 3.8) is 0 Å². The minimum atomic E-state index is 0.854. The lowest BCUT2D eigenvalue weighted by Crippen LogP contribution is -2.30. The van der Waals surface area contributed by atoms with Gasteiger partial charge in [-0.1, -0.05) is 13.8 Å². The molecule has 0 aliphatic rings. The number of nitrogens with zero attached hydrogens (tertiary/aromatic N) is 4. The van der Waals surface area contributed by atoms with E-state index in [2.05, 4.69) is 52.8 Å².